The van der Waals surface area contributed by atoms with E-state index in [-0.39, 0.29) is 40.4 Å². The summed E-state index contributed by atoms with van der Waals surface area (Å²) in [6.45, 7) is 5.23. The Bertz CT molecular complexity index is 2160. The molecule has 0 bridgehead atoms. The van der Waals surface area contributed by atoms with Gasteiger partial charge in [0.2, 0.25) is 5.75 Å². The third-order valence-electron chi connectivity index (χ3n) is 7.80. The lowest BCUT2D eigenvalue weighted by atomic mass is 9.95. The van der Waals surface area contributed by atoms with Gasteiger partial charge in [-0.2, -0.15) is 4.73 Å². The molecule has 0 aliphatic heterocycles. The molecule has 272 valence electrons. The van der Waals surface area contributed by atoms with Crippen LogP contribution in [-0.2, 0) is 16.1 Å². The fraction of sp³-hybridized carbons (Fsp3) is 0.263. The van der Waals surface area contributed by atoms with Crippen LogP contribution in [0.3, 0.4) is 0 Å². The number of hydrogen-bond donors (Lipinski definition) is 1. The first kappa shape index (κ1) is 36.8. The number of esters is 1. The summed E-state index contributed by atoms with van der Waals surface area (Å²) in [6.07, 6.45) is 2.06. The van der Waals surface area contributed by atoms with E-state index in [1.807, 2.05) is 0 Å². The fourth-order valence-corrected chi connectivity index (χ4v) is 5.59. The third kappa shape index (κ3) is 7.65. The Labute approximate surface area is 299 Å². The summed E-state index contributed by atoms with van der Waals surface area (Å²) in [5.74, 6) is 0.528. The highest BCUT2D eigenvalue weighted by molar-refractivity contribution is 6.08. The number of aromatic nitrogens is 2. The number of nitrogens with one attached hydrogen (secondary N) is 1. The van der Waals surface area contributed by atoms with Crippen LogP contribution in [0, 0.1) is 5.21 Å². The van der Waals surface area contributed by atoms with Crippen molar-refractivity contribution in [2.45, 2.75) is 33.0 Å². The number of ether oxygens (including phenoxy) is 7. The summed E-state index contributed by atoms with van der Waals surface area (Å²) in [7, 11) is 7.04. The Kier molecular flexibility index (Phi) is 10.8. The number of carbonyl (C=O) groups is 2. The van der Waals surface area contributed by atoms with Gasteiger partial charge in [0.25, 0.3) is 5.56 Å². The molecule has 2 heterocycles. The molecule has 0 saturated carbocycles. The number of pyridine rings is 2. The molecule has 14 heteroatoms. The minimum Gasteiger partial charge on any atom is -0.619 e. The molecule has 0 aliphatic carbocycles. The number of benzene rings is 3. The topological polar surface area (TPSA) is 160 Å². The molecule has 0 atom stereocenters. The predicted octanol–water partition coefficient (Wildman–Crippen LogP) is 6.04. The first-order valence-corrected chi connectivity index (χ1v) is 15.9. The normalized spacial score (nSPS) is 11.1. The first-order valence-electron chi connectivity index (χ1n) is 15.9. The maximum absolute atomic E-state index is 14.6. The van der Waals surface area contributed by atoms with Crippen molar-refractivity contribution < 1.29 is 47.5 Å². The zero-order valence-corrected chi connectivity index (χ0v) is 30.0. The highest BCUT2D eigenvalue weighted by Crippen LogP contribution is 2.45. The van der Waals surface area contributed by atoms with Crippen molar-refractivity contribution in [1.29, 1.82) is 0 Å². The number of methoxy groups -OCH3 is 5. The maximum Gasteiger partial charge on any atom is 0.412 e. The van der Waals surface area contributed by atoms with E-state index in [0.29, 0.717) is 44.2 Å². The largest absolute Gasteiger partial charge is 0.619 e. The van der Waals surface area contributed by atoms with Crippen molar-refractivity contribution in [3.8, 4) is 45.6 Å². The quantitative estimate of drug-likeness (QED) is 0.0966. The molecule has 0 saturated heterocycles. The highest BCUT2D eigenvalue weighted by Gasteiger charge is 2.28. The second-order valence-corrected chi connectivity index (χ2v) is 12.4. The van der Waals surface area contributed by atoms with Crippen molar-refractivity contribution in [2.75, 3.05) is 40.9 Å². The number of fused-ring (bicyclic) bond motifs is 1. The lowest BCUT2D eigenvalue weighted by Gasteiger charge is -2.22. The van der Waals surface area contributed by atoms with Crippen molar-refractivity contribution in [2.24, 2.45) is 0 Å². The average Bonchev–Trinajstić information content (AvgIpc) is 3.12. The molecule has 1 amide bonds. The van der Waals surface area contributed by atoms with Crippen molar-refractivity contribution in [3.63, 3.8) is 0 Å². The molecule has 3 aromatic carbocycles. The van der Waals surface area contributed by atoms with Crippen LogP contribution < -0.4 is 39.3 Å². The van der Waals surface area contributed by atoms with E-state index in [1.165, 1.54) is 58.6 Å². The Balaban J connectivity index is 1.81. The van der Waals surface area contributed by atoms with E-state index in [4.69, 9.17) is 33.2 Å². The van der Waals surface area contributed by atoms with E-state index < -0.39 is 23.2 Å². The van der Waals surface area contributed by atoms with Crippen molar-refractivity contribution in [1.82, 2.24) is 4.57 Å². The van der Waals surface area contributed by atoms with E-state index in [2.05, 4.69) is 5.32 Å². The smallest absolute Gasteiger partial charge is 0.412 e. The predicted molar refractivity (Wildman–Crippen MR) is 192 cm³/mol. The molecule has 5 aromatic rings. The minimum atomic E-state index is -0.826. The molecule has 2 aromatic heterocycles. The molecule has 5 rings (SSSR count). The molecule has 0 fully saturated rings. The molecule has 52 heavy (non-hydrogen) atoms. The van der Waals surface area contributed by atoms with E-state index in [9.17, 15) is 19.6 Å². The van der Waals surface area contributed by atoms with E-state index >= 15 is 0 Å². The lowest BCUT2D eigenvalue weighted by Crippen LogP contribution is -2.28. The fourth-order valence-electron chi connectivity index (χ4n) is 5.59. The zero-order valence-electron chi connectivity index (χ0n) is 30.0. The highest BCUT2D eigenvalue weighted by atomic mass is 16.6. The van der Waals surface area contributed by atoms with Gasteiger partial charge >= 0.3 is 12.1 Å². The van der Waals surface area contributed by atoms with Crippen LogP contribution in [0.15, 0.2) is 77.9 Å². The van der Waals surface area contributed by atoms with Crippen molar-refractivity contribution in [3.05, 3.63) is 99.9 Å². The van der Waals surface area contributed by atoms with Crippen LogP contribution in [0.25, 0.3) is 27.6 Å². The van der Waals surface area contributed by atoms with Gasteiger partial charge in [0.15, 0.2) is 35.4 Å². The van der Waals surface area contributed by atoms with Crippen LogP contribution in [-0.4, -0.2) is 57.8 Å². The summed E-state index contributed by atoms with van der Waals surface area (Å²) in [5.41, 5.74) is 0.498. The van der Waals surface area contributed by atoms with Gasteiger partial charge in [-0.05, 0) is 80.9 Å². The maximum atomic E-state index is 14.6. The minimum absolute atomic E-state index is 0.00870. The second kappa shape index (κ2) is 15.2. The molecule has 0 radical (unpaired) electrons. The Hall–Kier alpha value is -6.44. The molecular formula is C38H39N3O11. The molecule has 14 nitrogen and oxygen atoms in total. The second-order valence-electron chi connectivity index (χ2n) is 12.4. The number of anilines is 1. The van der Waals surface area contributed by atoms with Crippen LogP contribution in [0.1, 0.15) is 36.8 Å². The zero-order chi connectivity index (χ0) is 37.7. The van der Waals surface area contributed by atoms with Gasteiger partial charge in [0.1, 0.15) is 17.9 Å². The van der Waals surface area contributed by atoms with Gasteiger partial charge in [-0.1, -0.05) is 0 Å². The monoisotopic (exact) mass is 713 g/mol. The molecule has 1 N–H and O–H groups in total. The number of hydrogen-bond acceptors (Lipinski definition) is 11. The van der Waals surface area contributed by atoms with Gasteiger partial charge in [0, 0.05) is 28.4 Å². The van der Waals surface area contributed by atoms with Crippen LogP contribution in [0.5, 0.6) is 28.7 Å². The van der Waals surface area contributed by atoms with E-state index in [1.54, 1.807) is 75.4 Å². The number of nitrogens with zero attached hydrogens (tertiary/aromatic N) is 2. The van der Waals surface area contributed by atoms with Gasteiger partial charge in [-0.15, -0.1) is 0 Å². The van der Waals surface area contributed by atoms with Gasteiger partial charge in [-0.3, -0.25) is 14.7 Å². The van der Waals surface area contributed by atoms with Gasteiger partial charge < -0.3 is 38.4 Å². The van der Waals surface area contributed by atoms with Gasteiger partial charge in [-0.25, -0.2) is 9.59 Å². The van der Waals surface area contributed by atoms with Gasteiger partial charge in [0.05, 0.1) is 46.5 Å². The summed E-state index contributed by atoms with van der Waals surface area (Å²) < 4.78 is 41.1. The summed E-state index contributed by atoms with van der Waals surface area (Å²) in [6, 6.07) is 16.0. The van der Waals surface area contributed by atoms with Crippen LogP contribution in [0.4, 0.5) is 10.5 Å². The van der Waals surface area contributed by atoms with Crippen molar-refractivity contribution >= 4 is 28.5 Å². The third-order valence-corrected chi connectivity index (χ3v) is 7.80. The first-order chi connectivity index (χ1) is 24.8. The Morgan fingerprint density at radius 3 is 2.02 bits per heavy atom. The Morgan fingerprint density at radius 2 is 1.46 bits per heavy atom. The van der Waals surface area contributed by atoms with Crippen LogP contribution in [0.2, 0.25) is 0 Å². The standard InChI is InChI=1S/C38H39N3O11/c1-38(2,3)52-37(44)39-24-11-13-25(14-12-24)41-33(36(43)50-8)32(23-16-30(47-5)34(49-7)31(17-23)48-6)26-18-28(46-4)29(19-27(26)35(41)42)51-21-22-10-9-15-40(45)20-22/h9-20H,21H2,1-8H3,(H,39,44). The summed E-state index contributed by atoms with van der Waals surface area (Å²) >= 11 is 0. The summed E-state index contributed by atoms with van der Waals surface area (Å²) in [5, 5.41) is 15.0. The average molecular weight is 714 g/mol. The number of rotatable bonds is 11. The number of carbonyl (C=O) groups excluding carboxylic acids is 2. The summed E-state index contributed by atoms with van der Waals surface area (Å²) in [4.78, 5) is 40.9. The number of amides is 1. The lowest BCUT2D eigenvalue weighted by molar-refractivity contribution is -0.606. The Morgan fingerprint density at radius 1 is 0.827 bits per heavy atom. The molecule has 0 spiro atoms. The van der Waals surface area contributed by atoms with Crippen LogP contribution >= 0.6 is 0 Å². The molecule has 0 unspecified atom stereocenters. The molecule has 0 aliphatic rings. The SMILES string of the molecule is COC(=O)c1c(-c2cc(OC)c(OC)c(OC)c2)c2cc(OC)c(OCc3ccc[n+]([O-])c3)cc2c(=O)n1-c1ccc(NC(=O)OC(C)(C)C)cc1. The molecular weight excluding hydrogens is 674 g/mol. The van der Waals surface area contributed by atoms with E-state index in [0.717, 1.165) is 0 Å².